The second-order valence-corrected chi connectivity index (χ2v) is 5.83. The molecule has 0 bridgehead atoms. The van der Waals surface area contributed by atoms with E-state index in [4.69, 9.17) is 5.11 Å². The number of carbonyl (C=O) groups is 2. The van der Waals surface area contributed by atoms with Gasteiger partial charge in [-0.15, -0.1) is 11.3 Å². The Morgan fingerprint density at radius 1 is 1.65 bits per heavy atom. The summed E-state index contributed by atoms with van der Waals surface area (Å²) in [5.74, 6) is -0.273. The second kappa shape index (κ2) is 6.61. The van der Waals surface area contributed by atoms with Gasteiger partial charge in [-0.05, 0) is 0 Å². The summed E-state index contributed by atoms with van der Waals surface area (Å²) >= 11 is 2.91. The number of thiazole rings is 1. The molecule has 1 rings (SSSR count). The number of anilines is 1. The number of carboxylic acids is 1. The van der Waals surface area contributed by atoms with Crippen molar-refractivity contribution in [3.63, 3.8) is 0 Å². The van der Waals surface area contributed by atoms with Crippen LogP contribution in [0.3, 0.4) is 0 Å². The number of aliphatic carboxylic acids is 1. The fourth-order valence-electron chi connectivity index (χ4n) is 1.11. The molecule has 0 radical (unpaired) electrons. The van der Waals surface area contributed by atoms with Crippen LogP contribution in [0.4, 0.5) is 5.13 Å². The van der Waals surface area contributed by atoms with Crippen molar-refractivity contribution in [3.8, 4) is 0 Å². The SMILES string of the molecule is CC(=O)Nc1nc(CSC(C)CC(=O)O)cs1. The highest BCUT2D eigenvalue weighted by atomic mass is 32.2. The van der Waals surface area contributed by atoms with Crippen molar-refractivity contribution in [2.45, 2.75) is 31.3 Å². The molecule has 0 saturated carbocycles. The van der Waals surface area contributed by atoms with Crippen molar-refractivity contribution in [1.29, 1.82) is 0 Å². The van der Waals surface area contributed by atoms with Gasteiger partial charge in [-0.1, -0.05) is 6.92 Å². The maximum Gasteiger partial charge on any atom is 0.304 e. The number of rotatable bonds is 6. The molecule has 0 aliphatic rings. The topological polar surface area (TPSA) is 79.3 Å². The smallest absolute Gasteiger partial charge is 0.304 e. The van der Waals surface area contributed by atoms with Gasteiger partial charge in [0.05, 0.1) is 12.1 Å². The first-order chi connectivity index (χ1) is 7.97. The predicted molar refractivity (Wildman–Crippen MR) is 69.4 cm³/mol. The molecule has 7 heteroatoms. The highest BCUT2D eigenvalue weighted by Crippen LogP contribution is 2.23. The molecule has 1 aromatic heterocycles. The van der Waals surface area contributed by atoms with Crippen molar-refractivity contribution in [3.05, 3.63) is 11.1 Å². The lowest BCUT2D eigenvalue weighted by molar-refractivity contribution is -0.136. The largest absolute Gasteiger partial charge is 0.481 e. The van der Waals surface area contributed by atoms with Gasteiger partial charge in [0.15, 0.2) is 5.13 Å². The van der Waals surface area contributed by atoms with Gasteiger partial charge in [0, 0.05) is 23.3 Å². The van der Waals surface area contributed by atoms with E-state index in [1.807, 2.05) is 12.3 Å². The molecule has 1 unspecified atom stereocenters. The van der Waals surface area contributed by atoms with E-state index >= 15 is 0 Å². The number of nitrogens with zero attached hydrogens (tertiary/aromatic N) is 1. The zero-order valence-electron chi connectivity index (χ0n) is 9.60. The zero-order chi connectivity index (χ0) is 12.8. The minimum absolute atomic E-state index is 0.0541. The van der Waals surface area contributed by atoms with Crippen LogP contribution in [0, 0.1) is 0 Å². The molecular weight excluding hydrogens is 260 g/mol. The third kappa shape index (κ3) is 5.69. The molecule has 17 heavy (non-hydrogen) atoms. The van der Waals surface area contributed by atoms with E-state index in [0.717, 1.165) is 5.69 Å². The molecule has 2 N–H and O–H groups in total. The summed E-state index contributed by atoms with van der Waals surface area (Å²) in [4.78, 5) is 25.5. The molecule has 0 aromatic carbocycles. The van der Waals surface area contributed by atoms with Crippen molar-refractivity contribution in [2.24, 2.45) is 0 Å². The molecule has 0 spiro atoms. The molecule has 1 atom stereocenters. The first-order valence-corrected chi connectivity index (χ1v) is 6.95. The van der Waals surface area contributed by atoms with Gasteiger partial charge >= 0.3 is 5.97 Å². The van der Waals surface area contributed by atoms with Crippen LogP contribution >= 0.6 is 23.1 Å². The number of thioether (sulfide) groups is 1. The van der Waals surface area contributed by atoms with Crippen LogP contribution < -0.4 is 5.32 Å². The van der Waals surface area contributed by atoms with E-state index in [2.05, 4.69) is 10.3 Å². The minimum Gasteiger partial charge on any atom is -0.481 e. The van der Waals surface area contributed by atoms with Gasteiger partial charge in [0.1, 0.15) is 0 Å². The average Bonchev–Trinajstić information content (AvgIpc) is 2.60. The highest BCUT2D eigenvalue weighted by Gasteiger charge is 2.10. The highest BCUT2D eigenvalue weighted by molar-refractivity contribution is 7.99. The van der Waals surface area contributed by atoms with E-state index in [1.165, 1.54) is 18.3 Å². The Morgan fingerprint density at radius 3 is 2.94 bits per heavy atom. The van der Waals surface area contributed by atoms with Gasteiger partial charge < -0.3 is 10.4 Å². The molecular formula is C10H14N2O3S2. The van der Waals surface area contributed by atoms with E-state index in [-0.39, 0.29) is 17.6 Å². The normalized spacial score (nSPS) is 12.1. The maximum absolute atomic E-state index is 10.8. The number of amides is 1. The summed E-state index contributed by atoms with van der Waals surface area (Å²) in [7, 11) is 0. The first kappa shape index (κ1) is 14.0. The Morgan fingerprint density at radius 2 is 2.35 bits per heavy atom. The summed E-state index contributed by atoms with van der Waals surface area (Å²) < 4.78 is 0. The number of hydrogen-bond acceptors (Lipinski definition) is 5. The minimum atomic E-state index is -0.790. The summed E-state index contributed by atoms with van der Waals surface area (Å²) in [6.07, 6.45) is 0.146. The van der Waals surface area contributed by atoms with Crippen molar-refractivity contribution >= 4 is 40.1 Å². The molecule has 1 amide bonds. The number of carboxylic acid groups (broad SMARTS) is 1. The summed E-state index contributed by atoms with van der Waals surface area (Å²) in [5.41, 5.74) is 0.862. The van der Waals surface area contributed by atoms with Crippen LogP contribution in [0.1, 0.15) is 26.0 Å². The third-order valence-corrected chi connectivity index (χ3v) is 3.82. The van der Waals surface area contributed by atoms with Crippen LogP contribution in [0.5, 0.6) is 0 Å². The first-order valence-electron chi connectivity index (χ1n) is 5.02. The summed E-state index contributed by atoms with van der Waals surface area (Å²) in [6, 6.07) is 0. The number of carbonyl (C=O) groups excluding carboxylic acids is 1. The Kier molecular flexibility index (Phi) is 5.43. The second-order valence-electron chi connectivity index (χ2n) is 3.54. The predicted octanol–water partition coefficient (Wildman–Crippen LogP) is 2.20. The molecule has 5 nitrogen and oxygen atoms in total. The van der Waals surface area contributed by atoms with E-state index in [1.54, 1.807) is 11.8 Å². The molecule has 0 fully saturated rings. The fourth-order valence-corrected chi connectivity index (χ4v) is 2.84. The Hall–Kier alpha value is -1.08. The number of aromatic nitrogens is 1. The third-order valence-electron chi connectivity index (χ3n) is 1.81. The molecule has 1 heterocycles. The quantitative estimate of drug-likeness (QED) is 0.831. The molecule has 0 saturated heterocycles. The van der Waals surface area contributed by atoms with Crippen molar-refractivity contribution in [1.82, 2.24) is 4.98 Å². The number of hydrogen-bond donors (Lipinski definition) is 2. The Bertz CT molecular complexity index is 406. The lowest BCUT2D eigenvalue weighted by Gasteiger charge is -2.06. The molecule has 0 aliphatic carbocycles. The zero-order valence-corrected chi connectivity index (χ0v) is 11.2. The summed E-state index contributed by atoms with van der Waals surface area (Å²) in [6.45, 7) is 3.31. The van der Waals surface area contributed by atoms with Crippen LogP contribution in [-0.4, -0.2) is 27.2 Å². The Labute approximate surface area is 108 Å². The fraction of sp³-hybridized carbons (Fsp3) is 0.500. The lowest BCUT2D eigenvalue weighted by atomic mass is 10.3. The maximum atomic E-state index is 10.8. The monoisotopic (exact) mass is 274 g/mol. The van der Waals surface area contributed by atoms with Gasteiger partial charge in [-0.25, -0.2) is 4.98 Å². The molecule has 94 valence electrons. The van der Waals surface area contributed by atoms with Crippen LogP contribution in [-0.2, 0) is 15.3 Å². The van der Waals surface area contributed by atoms with Gasteiger partial charge in [0.25, 0.3) is 0 Å². The van der Waals surface area contributed by atoms with Gasteiger partial charge in [-0.3, -0.25) is 9.59 Å². The van der Waals surface area contributed by atoms with Gasteiger partial charge in [-0.2, -0.15) is 11.8 Å². The summed E-state index contributed by atoms with van der Waals surface area (Å²) in [5, 5.41) is 13.7. The average molecular weight is 274 g/mol. The van der Waals surface area contributed by atoms with Crippen LogP contribution in [0.15, 0.2) is 5.38 Å². The number of nitrogens with one attached hydrogen (secondary N) is 1. The molecule has 0 aliphatic heterocycles. The van der Waals surface area contributed by atoms with Crippen molar-refractivity contribution in [2.75, 3.05) is 5.32 Å². The standard InChI is InChI=1S/C10H14N2O3S2/c1-6(3-9(14)15)16-4-8-5-17-10(12-8)11-7(2)13/h5-6H,3-4H2,1-2H3,(H,14,15)(H,11,12,13). The Balaban J connectivity index is 2.39. The molecule has 1 aromatic rings. The van der Waals surface area contributed by atoms with E-state index in [9.17, 15) is 9.59 Å². The van der Waals surface area contributed by atoms with E-state index in [0.29, 0.717) is 10.9 Å². The lowest BCUT2D eigenvalue weighted by Crippen LogP contribution is -2.06. The van der Waals surface area contributed by atoms with Crippen molar-refractivity contribution < 1.29 is 14.7 Å². The van der Waals surface area contributed by atoms with Gasteiger partial charge in [0.2, 0.25) is 5.91 Å². The van der Waals surface area contributed by atoms with Crippen LogP contribution in [0.25, 0.3) is 0 Å². The van der Waals surface area contributed by atoms with E-state index < -0.39 is 5.97 Å². The van der Waals surface area contributed by atoms with Crippen LogP contribution in [0.2, 0.25) is 0 Å².